The molecule has 3 aromatic carbocycles. The minimum atomic E-state index is -1.29. The summed E-state index contributed by atoms with van der Waals surface area (Å²) in [5, 5.41) is 27.2. The maximum Gasteiger partial charge on any atom is 0.407 e. The van der Waals surface area contributed by atoms with Crippen molar-refractivity contribution in [2.45, 2.75) is 42.9 Å². The van der Waals surface area contributed by atoms with Crippen LogP contribution in [0.2, 0.25) is 0 Å². The molecular weight excluding hydrogens is 627 g/mol. The molecule has 7 rings (SSSR count). The Bertz CT molecular complexity index is 1920. The lowest BCUT2D eigenvalue weighted by atomic mass is 9.98. The molecule has 13 heteroatoms. The number of benzene rings is 3. The molecule has 0 spiro atoms. The van der Waals surface area contributed by atoms with Crippen molar-refractivity contribution in [3.8, 4) is 11.1 Å². The average Bonchev–Trinajstić information content (AvgIpc) is 3.79. The van der Waals surface area contributed by atoms with E-state index < -0.39 is 49.1 Å². The van der Waals surface area contributed by atoms with Gasteiger partial charge in [-0.25, -0.2) is 19.7 Å². The summed E-state index contributed by atoms with van der Waals surface area (Å²) in [4.78, 5) is 42.0. The number of nitrogens with zero attached hydrogens (tertiary/aromatic N) is 5. The zero-order valence-electron chi connectivity index (χ0n) is 27.0. The summed E-state index contributed by atoms with van der Waals surface area (Å²) in [7, 11) is 3.66. The highest BCUT2D eigenvalue weighted by molar-refractivity contribution is 5.86. The lowest BCUT2D eigenvalue weighted by Gasteiger charge is -2.25. The Kier molecular flexibility index (Phi) is 8.95. The summed E-state index contributed by atoms with van der Waals surface area (Å²) in [6, 6.07) is 23.3. The predicted octanol–water partition coefficient (Wildman–Crippen LogP) is 2.78. The van der Waals surface area contributed by atoms with Crippen LogP contribution in [0, 0.1) is 0 Å². The molecule has 0 saturated carbocycles. The number of amides is 2. The van der Waals surface area contributed by atoms with Gasteiger partial charge >= 0.3 is 6.09 Å². The number of hydrogen-bond acceptors (Lipinski definition) is 10. The van der Waals surface area contributed by atoms with Crippen LogP contribution >= 0.6 is 0 Å². The Hall–Kier alpha value is -5.37. The summed E-state index contributed by atoms with van der Waals surface area (Å²) < 4.78 is 13.4. The van der Waals surface area contributed by atoms with E-state index in [0.717, 1.165) is 27.8 Å². The van der Waals surface area contributed by atoms with Crippen molar-refractivity contribution in [3.05, 3.63) is 108 Å². The van der Waals surface area contributed by atoms with E-state index >= 15 is 0 Å². The second-order valence-electron chi connectivity index (χ2n) is 12.4. The number of anilines is 1. The Morgan fingerprint density at radius 1 is 0.959 bits per heavy atom. The number of fused-ring (bicyclic) bond motifs is 4. The van der Waals surface area contributed by atoms with Gasteiger partial charge in [-0.05, 0) is 27.8 Å². The van der Waals surface area contributed by atoms with Crippen LogP contribution in [0.3, 0.4) is 0 Å². The van der Waals surface area contributed by atoms with Gasteiger partial charge in [-0.1, -0.05) is 78.9 Å². The Morgan fingerprint density at radius 2 is 1.63 bits per heavy atom. The molecule has 3 heterocycles. The molecule has 5 atom stereocenters. The fraction of sp³-hybridized carbons (Fsp3) is 0.306. The van der Waals surface area contributed by atoms with E-state index in [2.05, 4.69) is 37.7 Å². The van der Waals surface area contributed by atoms with Gasteiger partial charge in [0, 0.05) is 26.4 Å². The largest absolute Gasteiger partial charge is 0.449 e. The van der Waals surface area contributed by atoms with Gasteiger partial charge in [-0.3, -0.25) is 9.36 Å². The molecule has 5 aromatic rings. The van der Waals surface area contributed by atoms with Gasteiger partial charge in [-0.2, -0.15) is 0 Å². The molecule has 1 aliphatic carbocycles. The number of aliphatic hydroxyl groups is 2. The number of aromatic nitrogens is 4. The number of ether oxygens (including phenoxy) is 2. The van der Waals surface area contributed by atoms with Crippen molar-refractivity contribution < 1.29 is 29.3 Å². The lowest BCUT2D eigenvalue weighted by Crippen LogP contribution is -2.55. The van der Waals surface area contributed by atoms with Crippen LogP contribution in [0.4, 0.5) is 10.6 Å². The number of imidazole rings is 1. The minimum absolute atomic E-state index is 0.0843. The first-order valence-corrected chi connectivity index (χ1v) is 16.1. The first kappa shape index (κ1) is 32.2. The Balaban J connectivity index is 1.08. The van der Waals surface area contributed by atoms with Gasteiger partial charge < -0.3 is 35.2 Å². The minimum Gasteiger partial charge on any atom is -0.449 e. The average molecular weight is 665 g/mol. The van der Waals surface area contributed by atoms with Gasteiger partial charge in [0.05, 0.1) is 19.0 Å². The molecule has 0 radical (unpaired) electrons. The first-order chi connectivity index (χ1) is 23.8. The fourth-order valence-electron chi connectivity index (χ4n) is 6.77. The summed E-state index contributed by atoms with van der Waals surface area (Å²) in [6.45, 7) is -0.396. The van der Waals surface area contributed by atoms with Gasteiger partial charge in [0.15, 0.2) is 23.2 Å². The van der Waals surface area contributed by atoms with Crippen molar-refractivity contribution in [3.63, 3.8) is 0 Å². The molecule has 2 amide bonds. The second kappa shape index (κ2) is 13.6. The highest BCUT2D eigenvalue weighted by Gasteiger charge is 2.46. The summed E-state index contributed by atoms with van der Waals surface area (Å²) in [5.74, 6) is -0.134. The number of carbonyl (C=O) groups excluding carboxylic acids is 2. The number of hydrogen-bond donors (Lipinski definition) is 4. The van der Waals surface area contributed by atoms with E-state index in [1.54, 1.807) is 9.47 Å². The third-order valence-corrected chi connectivity index (χ3v) is 9.14. The number of carbonyl (C=O) groups is 2. The molecule has 2 aliphatic rings. The maximum atomic E-state index is 13.9. The second-order valence-corrected chi connectivity index (χ2v) is 12.4. The molecule has 1 fully saturated rings. The van der Waals surface area contributed by atoms with Crippen LogP contribution in [-0.4, -0.2) is 93.3 Å². The smallest absolute Gasteiger partial charge is 0.407 e. The Labute approximate surface area is 282 Å². The van der Waals surface area contributed by atoms with Crippen LogP contribution < -0.4 is 15.5 Å². The number of nitrogens with one attached hydrogen (secondary N) is 2. The first-order valence-electron chi connectivity index (χ1n) is 16.1. The number of aliphatic hydroxyl groups excluding tert-OH is 2. The predicted molar refractivity (Wildman–Crippen MR) is 181 cm³/mol. The zero-order chi connectivity index (χ0) is 34.1. The van der Waals surface area contributed by atoms with Crippen molar-refractivity contribution in [2.24, 2.45) is 0 Å². The molecule has 0 bridgehead atoms. The fourth-order valence-corrected chi connectivity index (χ4v) is 6.77. The molecule has 4 N–H and O–H groups in total. The van der Waals surface area contributed by atoms with E-state index in [4.69, 9.17) is 9.47 Å². The third-order valence-electron chi connectivity index (χ3n) is 9.14. The summed E-state index contributed by atoms with van der Waals surface area (Å²) in [6.07, 6.45) is -0.978. The normalized spacial score (nSPS) is 20.4. The van der Waals surface area contributed by atoms with E-state index in [1.807, 2.05) is 80.8 Å². The van der Waals surface area contributed by atoms with Crippen LogP contribution in [0.1, 0.15) is 28.8 Å². The van der Waals surface area contributed by atoms with Gasteiger partial charge in [-0.15, -0.1) is 0 Å². The van der Waals surface area contributed by atoms with Crippen molar-refractivity contribution in [1.82, 2.24) is 30.2 Å². The summed E-state index contributed by atoms with van der Waals surface area (Å²) in [5.41, 5.74) is 6.10. The highest BCUT2D eigenvalue weighted by Crippen LogP contribution is 2.44. The van der Waals surface area contributed by atoms with Crippen LogP contribution in [0.25, 0.3) is 22.3 Å². The van der Waals surface area contributed by atoms with E-state index in [1.165, 1.54) is 12.7 Å². The maximum absolute atomic E-state index is 13.9. The molecule has 0 unspecified atom stereocenters. The lowest BCUT2D eigenvalue weighted by molar-refractivity contribution is -0.124. The molecule has 252 valence electrons. The van der Waals surface area contributed by atoms with Gasteiger partial charge in [0.1, 0.15) is 31.2 Å². The SMILES string of the molecule is CN(C)c1ncnc2c1ncn2[C@@H]1O[C@H](CO)[C@@H](NC(=O)[C@H](Cc2ccccc2)[15NH]C(=O)OCC2c3ccccc3-c3ccccc32)[C@H]1O. The van der Waals surface area contributed by atoms with E-state index in [0.29, 0.717) is 17.0 Å². The van der Waals surface area contributed by atoms with E-state index in [-0.39, 0.29) is 18.9 Å². The summed E-state index contributed by atoms with van der Waals surface area (Å²) >= 11 is 0. The van der Waals surface area contributed by atoms with Crippen LogP contribution in [0.5, 0.6) is 0 Å². The topological polar surface area (TPSA) is 164 Å². The molecule has 49 heavy (non-hydrogen) atoms. The van der Waals surface area contributed by atoms with Gasteiger partial charge in [0.25, 0.3) is 0 Å². The molecule has 1 aliphatic heterocycles. The van der Waals surface area contributed by atoms with Crippen molar-refractivity contribution in [1.29, 1.82) is 0 Å². The molecule has 1 saturated heterocycles. The number of alkyl carbamates (subject to hydrolysis) is 1. The van der Waals surface area contributed by atoms with Crippen molar-refractivity contribution in [2.75, 3.05) is 32.2 Å². The monoisotopic (exact) mass is 664 g/mol. The van der Waals surface area contributed by atoms with E-state index in [9.17, 15) is 19.8 Å². The molecule has 2 aromatic heterocycles. The Morgan fingerprint density at radius 3 is 2.31 bits per heavy atom. The van der Waals surface area contributed by atoms with Crippen LogP contribution in [0.15, 0.2) is 91.5 Å². The standard InChI is InChI=1S/C36H37N7O6/c1-42(2)32-30-33(38-19-37-32)43(20-39-30)35-31(45)29(28(17-44)49-35)41-34(46)27(16-21-10-4-3-5-11-21)40-36(47)48-18-26-24-14-8-6-12-22(24)23-13-7-9-15-25(23)26/h3-15,19-20,26-29,31,35,44-45H,16-18H2,1-2H3,(H,40,47)(H,41,46)/t27-,28+,29+,31+,35+/m0/s1/i40+1. The third kappa shape index (κ3) is 6.19. The highest BCUT2D eigenvalue weighted by atomic mass is 16.6. The zero-order valence-corrected chi connectivity index (χ0v) is 27.0. The number of rotatable bonds is 10. The quantitative estimate of drug-likeness (QED) is 0.163. The van der Waals surface area contributed by atoms with Crippen LogP contribution in [-0.2, 0) is 20.7 Å². The molecular formula is C36H37N7O6. The van der Waals surface area contributed by atoms with Crippen molar-refractivity contribution >= 4 is 29.0 Å². The van der Waals surface area contributed by atoms with Gasteiger partial charge in [0.2, 0.25) is 5.91 Å². The molecule has 13 nitrogen and oxygen atoms in total.